The Balaban J connectivity index is -0.000000184. The van der Waals surface area contributed by atoms with Crippen LogP contribution >= 0.6 is 0 Å². The molecule has 0 spiro atoms. The molecule has 10 heteroatoms. The summed E-state index contributed by atoms with van der Waals surface area (Å²) in [5.74, 6) is 0.497. The van der Waals surface area contributed by atoms with Gasteiger partial charge in [-0.25, -0.2) is 9.59 Å². The second-order valence-electron chi connectivity index (χ2n) is 20.0. The molecule has 1 aromatic rings. The van der Waals surface area contributed by atoms with Crippen molar-refractivity contribution >= 4 is 12.3 Å². The van der Waals surface area contributed by atoms with Crippen LogP contribution in [0, 0.1) is 32.5 Å². The number of hydrogen-bond donors (Lipinski definition) is 0. The number of rotatable bonds is 8. The van der Waals surface area contributed by atoms with Crippen LogP contribution < -0.4 is 4.74 Å². The van der Waals surface area contributed by atoms with Crippen molar-refractivity contribution in [1.82, 2.24) is 0 Å². The zero-order valence-electron chi connectivity index (χ0n) is 39.4. The zero-order chi connectivity index (χ0) is 43.9. The molecule has 0 heterocycles. The minimum atomic E-state index is -0.656. The number of para-hydroxylation sites is 1. The smallest absolute Gasteiger partial charge is 0.435 e. The van der Waals surface area contributed by atoms with Gasteiger partial charge in [0, 0.05) is 28.4 Å². The van der Waals surface area contributed by atoms with E-state index in [0.717, 1.165) is 26.4 Å². The minimum absolute atomic E-state index is 0.00671. The highest BCUT2D eigenvalue weighted by molar-refractivity contribution is 5.63. The number of ether oxygens (including phenoxy) is 8. The van der Waals surface area contributed by atoms with E-state index in [-0.39, 0.29) is 10.8 Å². The molecule has 0 aromatic heterocycles. The first kappa shape index (κ1) is 60.8. The number of hydrogen-bond acceptors (Lipinski definition) is 10. The molecular weight excluding hydrogens is 688 g/mol. The molecule has 0 N–H and O–H groups in total. The largest absolute Gasteiger partial charge is 0.513 e. The second-order valence-corrected chi connectivity index (χ2v) is 20.0. The van der Waals surface area contributed by atoms with Crippen LogP contribution in [0.25, 0.3) is 0 Å². The summed E-state index contributed by atoms with van der Waals surface area (Å²) in [6, 6.07) is 8.86. The highest BCUT2D eigenvalue weighted by atomic mass is 16.7. The Morgan fingerprint density at radius 3 is 0.870 bits per heavy atom. The number of carbonyl (C=O) groups excluding carboxylic acids is 2. The summed E-state index contributed by atoms with van der Waals surface area (Å²) in [5.41, 5.74) is 1.27. The van der Waals surface area contributed by atoms with E-state index in [1.54, 1.807) is 59.6 Å². The van der Waals surface area contributed by atoms with Crippen molar-refractivity contribution in [1.29, 1.82) is 0 Å². The van der Waals surface area contributed by atoms with Gasteiger partial charge in [-0.2, -0.15) is 0 Å². The van der Waals surface area contributed by atoms with Crippen LogP contribution in [0.1, 0.15) is 132 Å². The van der Waals surface area contributed by atoms with E-state index in [2.05, 4.69) is 87.8 Å². The molecule has 0 aliphatic carbocycles. The molecule has 0 aliphatic heterocycles. The predicted octanol–water partition coefficient (Wildman–Crippen LogP) is 12.2. The van der Waals surface area contributed by atoms with Gasteiger partial charge in [-0.05, 0) is 51.5 Å². The molecular formula is C44H88O10. The van der Waals surface area contributed by atoms with Crippen molar-refractivity contribution in [2.24, 2.45) is 32.5 Å². The maximum atomic E-state index is 11.2. The van der Waals surface area contributed by atoms with Crippen LogP contribution in [0.3, 0.4) is 0 Å². The Morgan fingerprint density at radius 2 is 0.667 bits per heavy atom. The summed E-state index contributed by atoms with van der Waals surface area (Å²) in [7, 11) is 6.91. The molecule has 0 bridgehead atoms. The maximum Gasteiger partial charge on any atom is 0.513 e. The maximum absolute atomic E-state index is 11.2. The molecule has 0 radical (unpaired) electrons. The van der Waals surface area contributed by atoms with Crippen LogP contribution in [-0.4, -0.2) is 87.0 Å². The molecule has 0 fully saturated rings. The van der Waals surface area contributed by atoms with Gasteiger partial charge in [-0.3, -0.25) is 0 Å². The third kappa shape index (κ3) is 71.1. The predicted molar refractivity (Wildman–Crippen MR) is 226 cm³/mol. The summed E-state index contributed by atoms with van der Waals surface area (Å²) in [4.78, 5) is 21.9. The van der Waals surface area contributed by atoms with Gasteiger partial charge in [0.2, 0.25) is 0 Å². The van der Waals surface area contributed by atoms with Crippen molar-refractivity contribution in [3.05, 3.63) is 30.3 Å². The number of carbonyl (C=O) groups is 2. The SMILES string of the molecule is CC(C)(C)COC(=O)Oc1ccccc1.CCOC(=O)OCC(C)(C)C.COCC(C)(C)C.COCC(C)(C)C.COCC(C)(C)C.COCC(C)(C)C. The van der Waals surface area contributed by atoms with Crippen molar-refractivity contribution in [3.8, 4) is 5.75 Å². The van der Waals surface area contributed by atoms with E-state index in [9.17, 15) is 9.59 Å². The fourth-order valence-electron chi connectivity index (χ4n) is 3.06. The van der Waals surface area contributed by atoms with E-state index < -0.39 is 12.3 Å². The van der Waals surface area contributed by atoms with Crippen molar-refractivity contribution in [3.63, 3.8) is 0 Å². The van der Waals surface area contributed by atoms with E-state index in [0.29, 0.717) is 47.2 Å². The fourth-order valence-corrected chi connectivity index (χ4v) is 3.06. The summed E-state index contributed by atoms with van der Waals surface area (Å²) in [5, 5.41) is 0. The molecule has 1 rings (SSSR count). The highest BCUT2D eigenvalue weighted by Gasteiger charge is 2.15. The van der Waals surface area contributed by atoms with E-state index >= 15 is 0 Å². The zero-order valence-corrected chi connectivity index (χ0v) is 39.4. The van der Waals surface area contributed by atoms with Crippen molar-refractivity contribution in [2.75, 3.05) is 74.7 Å². The Labute approximate surface area is 334 Å². The summed E-state index contributed by atoms with van der Waals surface area (Å²) in [6.45, 7) is 43.9. The standard InChI is InChI=1S/C12H16O3.C8H16O3.4C6H14O/c1-12(2,3)9-14-11(13)15-10-7-5-4-6-8-10;1-5-10-7(9)11-6-8(2,3)4;4*1-6(2,3)5-7-4/h4-8H,9H2,1-3H3;5-6H2,1-4H3;4*5H2,1-4H3. The van der Waals surface area contributed by atoms with Gasteiger partial charge >= 0.3 is 12.3 Å². The fraction of sp³-hybridized carbons (Fsp3) is 0.818. The van der Waals surface area contributed by atoms with Crippen LogP contribution in [-0.2, 0) is 33.2 Å². The molecule has 0 unspecified atom stereocenters. The van der Waals surface area contributed by atoms with Crippen molar-refractivity contribution in [2.45, 2.75) is 132 Å². The summed E-state index contributed by atoms with van der Waals surface area (Å²) >= 11 is 0. The number of methoxy groups -OCH3 is 4. The molecule has 0 amide bonds. The quantitative estimate of drug-likeness (QED) is 0.187. The van der Waals surface area contributed by atoms with Gasteiger partial charge < -0.3 is 37.9 Å². The first-order chi connectivity index (χ1) is 24.2. The van der Waals surface area contributed by atoms with Crippen LogP contribution in [0.5, 0.6) is 5.75 Å². The van der Waals surface area contributed by atoms with Gasteiger partial charge in [0.1, 0.15) is 5.75 Å². The summed E-state index contributed by atoms with van der Waals surface area (Å²) in [6.07, 6.45) is -1.24. The van der Waals surface area contributed by atoms with Crippen molar-refractivity contribution < 1.29 is 47.5 Å². The normalized spacial score (nSPS) is 11.5. The Kier molecular flexibility index (Phi) is 35.8. The lowest BCUT2D eigenvalue weighted by molar-refractivity contribution is 0.0362. The van der Waals surface area contributed by atoms with E-state index in [1.807, 2.05) is 47.6 Å². The van der Waals surface area contributed by atoms with Crippen LogP contribution in [0.15, 0.2) is 30.3 Å². The third-order valence-electron chi connectivity index (χ3n) is 4.76. The first-order valence-corrected chi connectivity index (χ1v) is 18.8. The van der Waals surface area contributed by atoms with Gasteiger partial charge in [0.25, 0.3) is 0 Å². The van der Waals surface area contributed by atoms with Gasteiger partial charge in [-0.15, -0.1) is 0 Å². The van der Waals surface area contributed by atoms with Gasteiger partial charge in [0.05, 0.1) is 46.2 Å². The molecule has 1 aromatic carbocycles. The van der Waals surface area contributed by atoms with Gasteiger partial charge in [0.15, 0.2) is 0 Å². The lowest BCUT2D eigenvalue weighted by Crippen LogP contribution is -2.20. The average molecular weight is 777 g/mol. The van der Waals surface area contributed by atoms with Gasteiger partial charge in [-0.1, -0.05) is 143 Å². The lowest BCUT2D eigenvalue weighted by atomic mass is 9.99. The highest BCUT2D eigenvalue weighted by Crippen LogP contribution is 2.16. The Hall–Kier alpha value is -2.40. The monoisotopic (exact) mass is 777 g/mol. The van der Waals surface area contributed by atoms with Crippen LogP contribution in [0.2, 0.25) is 0 Å². The Bertz CT molecular complexity index is 918. The first-order valence-electron chi connectivity index (χ1n) is 18.8. The topological polar surface area (TPSA) is 108 Å². The lowest BCUT2D eigenvalue weighted by Gasteiger charge is -2.17. The van der Waals surface area contributed by atoms with E-state index in [4.69, 9.17) is 33.2 Å². The van der Waals surface area contributed by atoms with Crippen LogP contribution in [0.4, 0.5) is 9.59 Å². The molecule has 0 aliphatic rings. The Morgan fingerprint density at radius 1 is 0.407 bits per heavy atom. The van der Waals surface area contributed by atoms with E-state index in [1.165, 1.54) is 0 Å². The second kappa shape index (κ2) is 31.8. The average Bonchev–Trinajstić information content (AvgIpc) is 2.94. The molecule has 54 heavy (non-hydrogen) atoms. The molecule has 0 saturated carbocycles. The molecule has 0 atom stereocenters. The molecule has 0 saturated heterocycles. The summed E-state index contributed by atoms with van der Waals surface area (Å²) < 4.78 is 38.9. The minimum Gasteiger partial charge on any atom is -0.435 e. The molecule has 324 valence electrons. The third-order valence-corrected chi connectivity index (χ3v) is 4.76. The molecule has 10 nitrogen and oxygen atoms in total. The number of benzene rings is 1.